The highest BCUT2D eigenvalue weighted by Gasteiger charge is 2.08. The number of nitrogens with one attached hydrogen (secondary N) is 1. The molecule has 0 spiro atoms. The molecule has 4 nitrogen and oxygen atoms in total. The quantitative estimate of drug-likeness (QED) is 0.859. The van der Waals surface area contributed by atoms with Crippen molar-refractivity contribution in [2.24, 2.45) is 0 Å². The zero-order valence-corrected chi connectivity index (χ0v) is 13.7. The molecule has 0 atom stereocenters. The molecule has 2 rings (SSSR count). The molecule has 5 heteroatoms. The number of anilines is 1. The lowest BCUT2D eigenvalue weighted by Crippen LogP contribution is -2.31. The molecular formula is C16H22N4S. The van der Waals surface area contributed by atoms with Gasteiger partial charge in [-0.05, 0) is 49.3 Å². The van der Waals surface area contributed by atoms with Gasteiger partial charge in [0.25, 0.3) is 0 Å². The van der Waals surface area contributed by atoms with E-state index in [2.05, 4.69) is 48.5 Å². The van der Waals surface area contributed by atoms with Crippen molar-refractivity contribution in [3.05, 3.63) is 47.8 Å². The SMILES string of the molecule is CCc1ccc(NC(=S)N(C)Cc2ccnn2CC)cc1. The van der Waals surface area contributed by atoms with Gasteiger partial charge in [0.2, 0.25) is 0 Å². The van der Waals surface area contributed by atoms with Gasteiger partial charge in [-0.3, -0.25) is 4.68 Å². The molecule has 0 fully saturated rings. The monoisotopic (exact) mass is 302 g/mol. The van der Waals surface area contributed by atoms with Crippen LogP contribution in [0.15, 0.2) is 36.5 Å². The summed E-state index contributed by atoms with van der Waals surface area (Å²) >= 11 is 5.46. The summed E-state index contributed by atoms with van der Waals surface area (Å²) in [7, 11) is 1.99. The summed E-state index contributed by atoms with van der Waals surface area (Å²) in [4.78, 5) is 2.02. The lowest BCUT2D eigenvalue weighted by molar-refractivity contribution is 0.471. The minimum Gasteiger partial charge on any atom is -0.346 e. The van der Waals surface area contributed by atoms with Crippen molar-refractivity contribution in [2.75, 3.05) is 12.4 Å². The maximum absolute atomic E-state index is 5.46. The number of aromatic nitrogens is 2. The molecule has 0 bridgehead atoms. The summed E-state index contributed by atoms with van der Waals surface area (Å²) in [5, 5.41) is 8.26. The standard InChI is InChI=1S/C16H22N4S/c1-4-13-6-8-14(9-7-13)18-16(21)19(3)12-15-10-11-17-20(15)5-2/h6-11H,4-5,12H2,1-3H3,(H,18,21). The maximum atomic E-state index is 5.46. The summed E-state index contributed by atoms with van der Waals surface area (Å²) in [6, 6.07) is 10.4. The first-order valence-corrected chi connectivity index (χ1v) is 7.66. The number of thiocarbonyl (C=S) groups is 1. The zero-order valence-electron chi connectivity index (χ0n) is 12.8. The predicted molar refractivity (Wildman–Crippen MR) is 91.4 cm³/mol. The van der Waals surface area contributed by atoms with Crippen LogP contribution in [0, 0.1) is 0 Å². The fraction of sp³-hybridized carbons (Fsp3) is 0.375. The van der Waals surface area contributed by atoms with Gasteiger partial charge in [0, 0.05) is 25.5 Å². The second kappa shape index (κ2) is 7.22. The van der Waals surface area contributed by atoms with E-state index >= 15 is 0 Å². The van der Waals surface area contributed by atoms with Crippen LogP contribution in [0.1, 0.15) is 25.1 Å². The third-order valence-corrected chi connectivity index (χ3v) is 3.88. The Hall–Kier alpha value is -1.88. The first kappa shape index (κ1) is 15.5. The largest absolute Gasteiger partial charge is 0.346 e. The Morgan fingerprint density at radius 3 is 2.57 bits per heavy atom. The molecule has 21 heavy (non-hydrogen) atoms. The second-order valence-corrected chi connectivity index (χ2v) is 5.36. The van der Waals surface area contributed by atoms with Crippen molar-refractivity contribution in [1.29, 1.82) is 0 Å². The van der Waals surface area contributed by atoms with E-state index in [0.29, 0.717) is 5.11 Å². The lowest BCUT2D eigenvalue weighted by Gasteiger charge is -2.21. The van der Waals surface area contributed by atoms with E-state index in [1.807, 2.05) is 28.9 Å². The molecule has 0 aliphatic rings. The van der Waals surface area contributed by atoms with Gasteiger partial charge >= 0.3 is 0 Å². The Kier molecular flexibility index (Phi) is 5.33. The fourth-order valence-corrected chi connectivity index (χ4v) is 2.32. The van der Waals surface area contributed by atoms with Crippen LogP contribution in [-0.4, -0.2) is 26.8 Å². The number of hydrogen-bond donors (Lipinski definition) is 1. The van der Waals surface area contributed by atoms with Crippen LogP contribution in [0.5, 0.6) is 0 Å². The van der Waals surface area contributed by atoms with Crippen LogP contribution < -0.4 is 5.32 Å². The number of rotatable bonds is 5. The lowest BCUT2D eigenvalue weighted by atomic mass is 10.1. The van der Waals surface area contributed by atoms with E-state index in [-0.39, 0.29) is 0 Å². The molecule has 2 aromatic rings. The van der Waals surface area contributed by atoms with Gasteiger partial charge in [0.05, 0.1) is 12.2 Å². The first-order chi connectivity index (χ1) is 10.1. The van der Waals surface area contributed by atoms with E-state index in [9.17, 15) is 0 Å². The van der Waals surface area contributed by atoms with Gasteiger partial charge in [0.1, 0.15) is 0 Å². The molecule has 112 valence electrons. The molecule has 1 heterocycles. The van der Waals surface area contributed by atoms with Crippen LogP contribution in [0.4, 0.5) is 5.69 Å². The Morgan fingerprint density at radius 2 is 1.95 bits per heavy atom. The van der Waals surface area contributed by atoms with Crippen molar-refractivity contribution in [3.8, 4) is 0 Å². The molecule has 0 radical (unpaired) electrons. The van der Waals surface area contributed by atoms with Crippen molar-refractivity contribution < 1.29 is 0 Å². The van der Waals surface area contributed by atoms with E-state index in [4.69, 9.17) is 12.2 Å². The first-order valence-electron chi connectivity index (χ1n) is 7.25. The van der Waals surface area contributed by atoms with Gasteiger partial charge in [-0.1, -0.05) is 19.1 Å². The summed E-state index contributed by atoms with van der Waals surface area (Å²) in [5.74, 6) is 0. The van der Waals surface area contributed by atoms with Crippen molar-refractivity contribution in [2.45, 2.75) is 33.4 Å². The normalized spacial score (nSPS) is 10.4. The van der Waals surface area contributed by atoms with Crippen LogP contribution in [0.25, 0.3) is 0 Å². The summed E-state index contributed by atoms with van der Waals surface area (Å²) in [5.41, 5.74) is 3.50. The third-order valence-electron chi connectivity index (χ3n) is 3.46. The minimum absolute atomic E-state index is 0.711. The smallest absolute Gasteiger partial charge is 0.173 e. The van der Waals surface area contributed by atoms with Gasteiger partial charge in [0.15, 0.2) is 5.11 Å². The number of hydrogen-bond acceptors (Lipinski definition) is 2. The van der Waals surface area contributed by atoms with Crippen molar-refractivity contribution in [3.63, 3.8) is 0 Å². The van der Waals surface area contributed by atoms with Crippen molar-refractivity contribution in [1.82, 2.24) is 14.7 Å². The Morgan fingerprint density at radius 1 is 1.24 bits per heavy atom. The van der Waals surface area contributed by atoms with Crippen LogP contribution in [0.2, 0.25) is 0 Å². The van der Waals surface area contributed by atoms with Crippen LogP contribution in [0.3, 0.4) is 0 Å². The predicted octanol–water partition coefficient (Wildman–Crippen LogP) is 3.29. The highest BCUT2D eigenvalue weighted by Crippen LogP contribution is 2.11. The van der Waals surface area contributed by atoms with Crippen LogP contribution >= 0.6 is 12.2 Å². The molecule has 1 N–H and O–H groups in total. The molecule has 1 aromatic heterocycles. The molecule has 0 aliphatic heterocycles. The van der Waals surface area contributed by atoms with Gasteiger partial charge in [-0.15, -0.1) is 0 Å². The fourth-order valence-electron chi connectivity index (χ4n) is 2.14. The van der Waals surface area contributed by atoms with E-state index in [0.717, 1.165) is 30.9 Å². The average Bonchev–Trinajstić information content (AvgIpc) is 2.95. The summed E-state index contributed by atoms with van der Waals surface area (Å²) < 4.78 is 1.98. The maximum Gasteiger partial charge on any atom is 0.173 e. The van der Waals surface area contributed by atoms with Crippen LogP contribution in [-0.2, 0) is 19.5 Å². The highest BCUT2D eigenvalue weighted by molar-refractivity contribution is 7.80. The Bertz CT molecular complexity index is 589. The number of aryl methyl sites for hydroxylation is 2. The molecule has 0 amide bonds. The van der Waals surface area contributed by atoms with Gasteiger partial charge in [-0.2, -0.15) is 5.10 Å². The summed E-state index contributed by atoms with van der Waals surface area (Å²) in [6.45, 7) is 5.85. The Balaban J connectivity index is 1.95. The van der Waals surface area contributed by atoms with E-state index < -0.39 is 0 Å². The van der Waals surface area contributed by atoms with Gasteiger partial charge in [-0.25, -0.2) is 0 Å². The highest BCUT2D eigenvalue weighted by atomic mass is 32.1. The van der Waals surface area contributed by atoms with Gasteiger partial charge < -0.3 is 10.2 Å². The van der Waals surface area contributed by atoms with E-state index in [1.165, 1.54) is 5.56 Å². The zero-order chi connectivity index (χ0) is 15.2. The number of benzene rings is 1. The summed E-state index contributed by atoms with van der Waals surface area (Å²) in [6.07, 6.45) is 2.87. The topological polar surface area (TPSA) is 33.1 Å². The second-order valence-electron chi connectivity index (χ2n) is 4.98. The Labute approximate surface area is 131 Å². The van der Waals surface area contributed by atoms with E-state index in [1.54, 1.807) is 0 Å². The average molecular weight is 302 g/mol. The third kappa shape index (κ3) is 4.04. The molecular weight excluding hydrogens is 280 g/mol. The minimum atomic E-state index is 0.711. The molecule has 0 saturated heterocycles. The molecule has 0 saturated carbocycles. The number of nitrogens with zero attached hydrogens (tertiary/aromatic N) is 3. The van der Waals surface area contributed by atoms with Crippen molar-refractivity contribution >= 4 is 23.0 Å². The molecule has 1 aromatic carbocycles. The molecule has 0 unspecified atom stereocenters. The molecule has 0 aliphatic carbocycles.